The van der Waals surface area contributed by atoms with Gasteiger partial charge in [0.2, 0.25) is 0 Å². The average molecular weight is 511 g/mol. The molecule has 4 aromatic rings. The van der Waals surface area contributed by atoms with Gasteiger partial charge in [-0.15, -0.1) is 11.3 Å². The van der Waals surface area contributed by atoms with Crippen molar-refractivity contribution in [1.29, 1.82) is 0 Å². The zero-order valence-electron chi connectivity index (χ0n) is 16.4. The highest BCUT2D eigenvalue weighted by Crippen LogP contribution is 2.37. The summed E-state index contributed by atoms with van der Waals surface area (Å²) in [5.74, 6) is -0.575. The van der Waals surface area contributed by atoms with Gasteiger partial charge in [-0.05, 0) is 36.4 Å². The summed E-state index contributed by atoms with van der Waals surface area (Å²) >= 11 is 19.6. The lowest BCUT2D eigenvalue weighted by molar-refractivity contribution is 0.0606. The Balaban J connectivity index is 1.46. The van der Waals surface area contributed by atoms with Gasteiger partial charge < -0.3 is 14.8 Å². The molecule has 2 aromatic heterocycles. The van der Waals surface area contributed by atoms with Gasteiger partial charge in [0.15, 0.2) is 18.2 Å². The zero-order chi connectivity index (χ0) is 22.8. The van der Waals surface area contributed by atoms with Gasteiger partial charge in [-0.2, -0.15) is 5.10 Å². The molecule has 0 unspecified atom stereocenters. The second-order valence-corrected chi connectivity index (χ2v) is 8.71. The van der Waals surface area contributed by atoms with Gasteiger partial charge in [0, 0.05) is 22.0 Å². The monoisotopic (exact) mass is 509 g/mol. The Morgan fingerprint density at radius 3 is 2.59 bits per heavy atom. The molecule has 7 nitrogen and oxygen atoms in total. The predicted molar refractivity (Wildman–Crippen MR) is 125 cm³/mol. The summed E-state index contributed by atoms with van der Waals surface area (Å²) in [6.45, 7) is 0.0205. The Morgan fingerprint density at radius 2 is 1.88 bits per heavy atom. The lowest BCUT2D eigenvalue weighted by atomic mass is 10.2. The Bertz CT molecular complexity index is 1320. The van der Waals surface area contributed by atoms with Crippen molar-refractivity contribution < 1.29 is 19.1 Å². The number of methoxy groups -OCH3 is 1. The second-order valence-electron chi connectivity index (χ2n) is 6.47. The minimum Gasteiger partial charge on any atom is -0.468 e. The number of amides is 1. The van der Waals surface area contributed by atoms with Crippen LogP contribution in [0.4, 0.5) is 5.69 Å². The smallest absolute Gasteiger partial charge is 0.349 e. The molecular weight excluding hydrogens is 497 g/mol. The van der Waals surface area contributed by atoms with E-state index in [0.717, 1.165) is 4.70 Å². The Morgan fingerprint density at radius 1 is 1.12 bits per heavy atom. The van der Waals surface area contributed by atoms with Crippen LogP contribution in [0.25, 0.3) is 10.1 Å². The third-order valence-corrected chi connectivity index (χ3v) is 6.62. The van der Waals surface area contributed by atoms with Crippen LogP contribution >= 0.6 is 46.1 Å². The quantitative estimate of drug-likeness (QED) is 0.315. The molecule has 1 amide bonds. The van der Waals surface area contributed by atoms with E-state index in [0.29, 0.717) is 36.8 Å². The summed E-state index contributed by atoms with van der Waals surface area (Å²) < 4.78 is 12.5. The average Bonchev–Trinajstić information content (AvgIpc) is 3.37. The fourth-order valence-electron chi connectivity index (χ4n) is 2.87. The fraction of sp³-hybridized carbons (Fsp3) is 0.0952. The number of rotatable bonds is 6. The van der Waals surface area contributed by atoms with Crippen molar-refractivity contribution in [3.63, 3.8) is 0 Å². The van der Waals surface area contributed by atoms with Gasteiger partial charge in [-0.1, -0.05) is 40.9 Å². The molecule has 2 heterocycles. The lowest BCUT2D eigenvalue weighted by Gasteiger charge is -2.09. The highest BCUT2D eigenvalue weighted by Gasteiger charge is 2.18. The van der Waals surface area contributed by atoms with Gasteiger partial charge in [-0.25, -0.2) is 9.48 Å². The maximum Gasteiger partial charge on any atom is 0.349 e. The number of hydrogen-bond acceptors (Lipinski definition) is 6. The number of thiophene rings is 1. The molecule has 0 fully saturated rings. The molecule has 164 valence electrons. The molecule has 0 radical (unpaired) electrons. The van der Waals surface area contributed by atoms with Crippen LogP contribution in [-0.4, -0.2) is 28.8 Å². The molecule has 0 atom stereocenters. The molecule has 0 spiro atoms. The maximum atomic E-state index is 12.6. The highest BCUT2D eigenvalue weighted by atomic mass is 35.5. The maximum absolute atomic E-state index is 12.6. The van der Waals surface area contributed by atoms with Crippen molar-refractivity contribution in [3.8, 4) is 5.75 Å². The minimum absolute atomic E-state index is 0.0205. The summed E-state index contributed by atoms with van der Waals surface area (Å²) in [6.07, 6.45) is 1.60. The first-order chi connectivity index (χ1) is 15.4. The van der Waals surface area contributed by atoms with Crippen LogP contribution < -0.4 is 10.1 Å². The van der Waals surface area contributed by atoms with Crippen molar-refractivity contribution >= 4 is 73.8 Å². The standard InChI is InChI=1S/C21H14Cl3N3O4S/c1-30-21(29)19-17(24)12-6-5-11(9-16(12)32-19)25-20(28)15-7-8-27(26-15)10-31-18-13(22)3-2-4-14(18)23/h2-9H,10H2,1H3,(H,25,28). The highest BCUT2D eigenvalue weighted by molar-refractivity contribution is 7.21. The van der Waals surface area contributed by atoms with Gasteiger partial charge in [-0.3, -0.25) is 4.79 Å². The van der Waals surface area contributed by atoms with E-state index in [9.17, 15) is 9.59 Å². The summed E-state index contributed by atoms with van der Waals surface area (Å²) in [5.41, 5.74) is 0.726. The number of carbonyl (C=O) groups is 2. The van der Waals surface area contributed by atoms with Crippen LogP contribution in [-0.2, 0) is 11.5 Å². The topological polar surface area (TPSA) is 82.5 Å². The molecule has 0 aliphatic carbocycles. The molecule has 0 saturated carbocycles. The zero-order valence-corrected chi connectivity index (χ0v) is 19.5. The van der Waals surface area contributed by atoms with Gasteiger partial charge in [0.25, 0.3) is 5.91 Å². The first-order valence-electron chi connectivity index (χ1n) is 9.09. The number of esters is 1. The van der Waals surface area contributed by atoms with Crippen molar-refractivity contribution in [2.24, 2.45) is 0 Å². The molecule has 1 N–H and O–H groups in total. The van der Waals surface area contributed by atoms with E-state index in [1.165, 1.54) is 23.1 Å². The van der Waals surface area contributed by atoms with Crippen LogP contribution in [0, 0.1) is 0 Å². The number of nitrogens with zero attached hydrogens (tertiary/aromatic N) is 2. The molecule has 0 saturated heterocycles. The number of nitrogens with one attached hydrogen (secondary N) is 1. The number of carbonyl (C=O) groups excluding carboxylic acids is 2. The number of halogens is 3. The number of ether oxygens (including phenoxy) is 2. The molecule has 0 aliphatic rings. The summed E-state index contributed by atoms with van der Waals surface area (Å²) in [7, 11) is 1.29. The molecule has 11 heteroatoms. The largest absolute Gasteiger partial charge is 0.468 e. The van der Waals surface area contributed by atoms with Crippen LogP contribution in [0.5, 0.6) is 5.75 Å². The Kier molecular flexibility index (Phi) is 6.57. The predicted octanol–water partition coefficient (Wildman–Crippen LogP) is 6.13. The Labute approximate surface area is 201 Å². The van der Waals surface area contributed by atoms with Gasteiger partial charge in [0.1, 0.15) is 4.88 Å². The van der Waals surface area contributed by atoms with Crippen molar-refractivity contribution in [2.45, 2.75) is 6.73 Å². The van der Waals surface area contributed by atoms with E-state index in [1.807, 2.05) is 0 Å². The SMILES string of the molecule is COC(=O)c1sc2cc(NC(=O)c3ccn(COc4c(Cl)cccc4Cl)n3)ccc2c1Cl. The van der Waals surface area contributed by atoms with Crippen molar-refractivity contribution in [2.75, 3.05) is 12.4 Å². The van der Waals surface area contributed by atoms with Gasteiger partial charge >= 0.3 is 5.97 Å². The number of fused-ring (bicyclic) bond motifs is 1. The van der Waals surface area contributed by atoms with Crippen molar-refractivity contribution in [3.05, 3.63) is 74.3 Å². The second kappa shape index (κ2) is 9.38. The lowest BCUT2D eigenvalue weighted by Crippen LogP contribution is -2.14. The molecule has 0 aliphatic heterocycles. The van der Waals surface area contributed by atoms with Crippen LogP contribution in [0.1, 0.15) is 20.2 Å². The molecular formula is C21H14Cl3N3O4S. The molecule has 0 bridgehead atoms. The third kappa shape index (κ3) is 4.54. The summed E-state index contributed by atoms with van der Waals surface area (Å²) in [5, 5.41) is 8.77. The molecule has 2 aromatic carbocycles. The minimum atomic E-state index is -0.507. The number of hydrogen-bond donors (Lipinski definition) is 1. The molecule has 4 rings (SSSR count). The first kappa shape index (κ1) is 22.4. The van der Waals surface area contributed by atoms with E-state index in [2.05, 4.69) is 10.4 Å². The fourth-order valence-corrected chi connectivity index (χ4v) is 4.84. The van der Waals surface area contributed by atoms with Crippen LogP contribution in [0.3, 0.4) is 0 Å². The number of para-hydroxylation sites is 1. The number of aromatic nitrogens is 2. The normalized spacial score (nSPS) is 10.9. The Hall–Kier alpha value is -2.78. The molecule has 32 heavy (non-hydrogen) atoms. The van der Waals surface area contributed by atoms with E-state index >= 15 is 0 Å². The number of benzene rings is 2. The van der Waals surface area contributed by atoms with E-state index < -0.39 is 11.9 Å². The third-order valence-electron chi connectivity index (χ3n) is 4.39. The summed E-state index contributed by atoms with van der Waals surface area (Å²) in [6, 6.07) is 11.8. The number of anilines is 1. The van der Waals surface area contributed by atoms with Crippen LogP contribution in [0.15, 0.2) is 48.7 Å². The van der Waals surface area contributed by atoms with E-state index in [1.54, 1.807) is 48.7 Å². The van der Waals surface area contributed by atoms with Gasteiger partial charge in [0.05, 0.1) is 22.2 Å². The first-order valence-corrected chi connectivity index (χ1v) is 11.0. The van der Waals surface area contributed by atoms with Crippen LogP contribution in [0.2, 0.25) is 15.1 Å². The van der Waals surface area contributed by atoms with E-state index in [4.69, 9.17) is 44.3 Å². The van der Waals surface area contributed by atoms with E-state index in [-0.39, 0.29) is 12.4 Å². The van der Waals surface area contributed by atoms with Crippen molar-refractivity contribution in [1.82, 2.24) is 9.78 Å². The summed E-state index contributed by atoms with van der Waals surface area (Å²) in [4.78, 5) is 24.7.